The van der Waals surface area contributed by atoms with Crippen molar-refractivity contribution in [2.75, 3.05) is 5.73 Å². The van der Waals surface area contributed by atoms with Gasteiger partial charge in [-0.25, -0.2) is 18.8 Å². The third kappa shape index (κ3) is 2.13. The molecule has 1 heterocycles. The van der Waals surface area contributed by atoms with Crippen molar-refractivity contribution >= 4 is 5.69 Å². The van der Waals surface area contributed by atoms with Crippen LogP contribution in [0.4, 0.5) is 18.9 Å². The molecular weight excluding hydrogens is 301 g/mol. The summed E-state index contributed by atoms with van der Waals surface area (Å²) in [6, 6.07) is 2.54. The number of hydrogen-bond acceptors (Lipinski definition) is 3. The lowest BCUT2D eigenvalue weighted by atomic mass is 10.1. The maximum Gasteiger partial charge on any atom is 0.416 e. The largest absolute Gasteiger partial charge is 0.416 e. The Hall–Kier alpha value is -2.45. The second-order valence-corrected chi connectivity index (χ2v) is 5.27. The van der Waals surface area contributed by atoms with Gasteiger partial charge in [0.25, 0.3) is 0 Å². The molecule has 1 aromatic heterocycles. The Morgan fingerprint density at radius 2 is 1.82 bits per heavy atom. The van der Waals surface area contributed by atoms with Gasteiger partial charge in [0.1, 0.15) is 0 Å². The van der Waals surface area contributed by atoms with Crippen LogP contribution in [0.1, 0.15) is 24.4 Å². The topological polar surface area (TPSA) is 75.0 Å². The lowest BCUT2D eigenvalue weighted by molar-refractivity contribution is -0.137. The average molecular weight is 314 g/mol. The van der Waals surface area contributed by atoms with Gasteiger partial charge in [-0.3, -0.25) is 0 Å². The van der Waals surface area contributed by atoms with Crippen LogP contribution in [0.2, 0.25) is 0 Å². The number of hydrogen-bond donors (Lipinski definition) is 1. The number of aromatic nitrogens is 3. The van der Waals surface area contributed by atoms with Gasteiger partial charge in [0, 0.05) is 13.1 Å². The molecule has 1 aromatic carbocycles. The molecule has 1 aliphatic rings. The Balaban J connectivity index is 2.19. The third-order valence-electron chi connectivity index (χ3n) is 3.67. The summed E-state index contributed by atoms with van der Waals surface area (Å²) in [6.45, 7) is 0. The number of nitrogen functional groups attached to an aromatic ring is 1. The van der Waals surface area contributed by atoms with Crippen molar-refractivity contribution in [1.82, 2.24) is 13.9 Å². The van der Waals surface area contributed by atoms with Gasteiger partial charge in [0.15, 0.2) is 0 Å². The molecule has 3 rings (SSSR count). The summed E-state index contributed by atoms with van der Waals surface area (Å²) in [6.07, 6.45) is -3.05. The third-order valence-corrected chi connectivity index (χ3v) is 3.67. The minimum atomic E-state index is -4.52. The van der Waals surface area contributed by atoms with Crippen molar-refractivity contribution in [2.24, 2.45) is 7.05 Å². The molecule has 0 atom stereocenters. The molecule has 0 unspecified atom stereocenters. The number of halogens is 3. The molecule has 0 saturated heterocycles. The van der Waals surface area contributed by atoms with Gasteiger partial charge < -0.3 is 5.73 Å². The Kier molecular flexibility index (Phi) is 2.98. The number of alkyl halides is 3. The quantitative estimate of drug-likeness (QED) is 0.848. The normalized spacial score (nSPS) is 15.3. The van der Waals surface area contributed by atoms with Gasteiger partial charge >= 0.3 is 17.6 Å². The van der Waals surface area contributed by atoms with Crippen molar-refractivity contribution in [2.45, 2.75) is 25.1 Å². The number of benzene rings is 1. The minimum absolute atomic E-state index is 0.0528. The predicted octanol–water partition coefficient (Wildman–Crippen LogP) is 1.27. The van der Waals surface area contributed by atoms with Crippen LogP contribution in [0, 0.1) is 0 Å². The fourth-order valence-corrected chi connectivity index (χ4v) is 2.39. The number of anilines is 1. The minimum Gasteiger partial charge on any atom is -0.397 e. The molecule has 1 saturated carbocycles. The van der Waals surface area contributed by atoms with E-state index in [1.165, 1.54) is 7.05 Å². The van der Waals surface area contributed by atoms with Gasteiger partial charge in [-0.15, -0.1) is 0 Å². The highest BCUT2D eigenvalue weighted by Gasteiger charge is 2.33. The van der Waals surface area contributed by atoms with Crippen molar-refractivity contribution in [3.63, 3.8) is 0 Å². The fourth-order valence-electron chi connectivity index (χ4n) is 2.39. The molecule has 0 bridgehead atoms. The van der Waals surface area contributed by atoms with E-state index in [0.717, 1.165) is 45.0 Å². The molecule has 0 radical (unpaired) electrons. The molecule has 9 heteroatoms. The molecule has 6 nitrogen and oxygen atoms in total. The summed E-state index contributed by atoms with van der Waals surface area (Å²) in [4.78, 5) is 24.4. The average Bonchev–Trinajstić information content (AvgIpc) is 3.21. The number of nitrogens with two attached hydrogens (primary N) is 1. The van der Waals surface area contributed by atoms with Gasteiger partial charge in [-0.2, -0.15) is 17.9 Å². The van der Waals surface area contributed by atoms with Crippen molar-refractivity contribution in [3.8, 4) is 5.69 Å². The molecule has 1 fully saturated rings. The highest BCUT2D eigenvalue weighted by atomic mass is 19.4. The van der Waals surface area contributed by atoms with Crippen LogP contribution in [-0.2, 0) is 13.2 Å². The summed E-state index contributed by atoms with van der Waals surface area (Å²) in [5, 5.41) is 0. The monoisotopic (exact) mass is 314 g/mol. The van der Waals surface area contributed by atoms with E-state index in [2.05, 4.69) is 0 Å². The van der Waals surface area contributed by atoms with E-state index in [0.29, 0.717) is 0 Å². The predicted molar refractivity (Wildman–Crippen MR) is 73.0 cm³/mol. The van der Waals surface area contributed by atoms with E-state index < -0.39 is 23.1 Å². The van der Waals surface area contributed by atoms with Gasteiger partial charge in [0.05, 0.1) is 16.9 Å². The first-order chi connectivity index (χ1) is 10.2. The van der Waals surface area contributed by atoms with Crippen molar-refractivity contribution < 1.29 is 13.2 Å². The lowest BCUT2D eigenvalue weighted by Crippen LogP contribution is -2.27. The first-order valence-electron chi connectivity index (χ1n) is 6.59. The van der Waals surface area contributed by atoms with Crippen LogP contribution in [0.25, 0.3) is 5.69 Å². The first-order valence-corrected chi connectivity index (χ1v) is 6.59. The van der Waals surface area contributed by atoms with E-state index >= 15 is 0 Å². The highest BCUT2D eigenvalue weighted by Crippen LogP contribution is 2.33. The lowest BCUT2D eigenvalue weighted by Gasteiger charge is -2.12. The SMILES string of the molecule is Cn1c(=O)n(C2CC2)c(=O)n1-c1ccc(C(F)(F)F)cc1N. The zero-order valence-corrected chi connectivity index (χ0v) is 11.6. The van der Waals surface area contributed by atoms with Crippen LogP contribution >= 0.6 is 0 Å². The summed E-state index contributed by atoms with van der Waals surface area (Å²) in [7, 11) is 1.37. The van der Waals surface area contributed by atoms with E-state index in [4.69, 9.17) is 5.73 Å². The first kappa shape index (κ1) is 14.5. The van der Waals surface area contributed by atoms with Crippen LogP contribution < -0.4 is 17.1 Å². The molecule has 1 aliphatic carbocycles. The molecule has 22 heavy (non-hydrogen) atoms. The zero-order valence-electron chi connectivity index (χ0n) is 11.6. The Morgan fingerprint density at radius 1 is 1.18 bits per heavy atom. The van der Waals surface area contributed by atoms with Crippen molar-refractivity contribution in [3.05, 3.63) is 44.7 Å². The standard InChI is InChI=1S/C13H13F3N4O2/c1-18-11(21)19(8-3-4-8)12(22)20(18)10-5-2-7(6-9(10)17)13(14,15)16/h2,5-6,8H,3-4,17H2,1H3. The smallest absolute Gasteiger partial charge is 0.397 e. The zero-order chi connectivity index (χ0) is 16.2. The second-order valence-electron chi connectivity index (χ2n) is 5.27. The van der Waals surface area contributed by atoms with Gasteiger partial charge in [0.2, 0.25) is 0 Å². The van der Waals surface area contributed by atoms with Crippen LogP contribution in [-0.4, -0.2) is 13.9 Å². The van der Waals surface area contributed by atoms with Crippen LogP contribution in [0.3, 0.4) is 0 Å². The van der Waals surface area contributed by atoms with Gasteiger partial charge in [-0.1, -0.05) is 0 Å². The summed E-state index contributed by atoms with van der Waals surface area (Å²) in [5.74, 6) is 0. The molecule has 0 spiro atoms. The summed E-state index contributed by atoms with van der Waals surface area (Å²) >= 11 is 0. The van der Waals surface area contributed by atoms with Crippen LogP contribution in [0.15, 0.2) is 27.8 Å². The summed E-state index contributed by atoms with van der Waals surface area (Å²) in [5.41, 5.74) is 3.47. The molecule has 118 valence electrons. The Labute approximate surface area is 122 Å². The molecular formula is C13H13F3N4O2. The number of rotatable bonds is 2. The van der Waals surface area contributed by atoms with Crippen molar-refractivity contribution in [1.29, 1.82) is 0 Å². The van der Waals surface area contributed by atoms with E-state index in [9.17, 15) is 22.8 Å². The molecule has 0 amide bonds. The maximum atomic E-state index is 12.7. The Morgan fingerprint density at radius 3 is 2.32 bits per heavy atom. The van der Waals surface area contributed by atoms with Gasteiger partial charge in [-0.05, 0) is 31.0 Å². The number of nitrogens with zero attached hydrogens (tertiary/aromatic N) is 3. The molecule has 0 aliphatic heterocycles. The highest BCUT2D eigenvalue weighted by molar-refractivity contribution is 5.59. The second kappa shape index (κ2) is 4.52. The summed E-state index contributed by atoms with van der Waals surface area (Å²) < 4.78 is 41.1. The fraction of sp³-hybridized carbons (Fsp3) is 0.385. The van der Waals surface area contributed by atoms with Crippen LogP contribution in [0.5, 0.6) is 0 Å². The Bertz CT molecular complexity index is 856. The molecule has 2 aromatic rings. The van der Waals surface area contributed by atoms with E-state index in [1.807, 2.05) is 0 Å². The molecule has 2 N–H and O–H groups in total. The van der Waals surface area contributed by atoms with E-state index in [1.54, 1.807) is 0 Å². The maximum absolute atomic E-state index is 12.7. The van der Waals surface area contributed by atoms with E-state index in [-0.39, 0.29) is 17.4 Å².